The van der Waals surface area contributed by atoms with Gasteiger partial charge in [0.25, 0.3) is 5.91 Å². The third-order valence-corrected chi connectivity index (χ3v) is 5.52. The van der Waals surface area contributed by atoms with Crippen molar-refractivity contribution in [1.29, 1.82) is 0 Å². The van der Waals surface area contributed by atoms with Crippen molar-refractivity contribution in [3.8, 4) is 0 Å². The molecular weight excluding hydrogens is 406 g/mol. The second kappa shape index (κ2) is 7.31. The fourth-order valence-electron chi connectivity index (χ4n) is 3.44. The lowest BCUT2D eigenvalue weighted by Gasteiger charge is -2.11. The van der Waals surface area contributed by atoms with E-state index in [0.717, 1.165) is 4.83 Å². The lowest BCUT2D eigenvalue weighted by atomic mass is 10.2. The molecule has 0 unspecified atom stereocenters. The van der Waals surface area contributed by atoms with Crippen molar-refractivity contribution in [2.45, 2.75) is 6.54 Å². The van der Waals surface area contributed by atoms with Crippen LogP contribution in [-0.2, 0) is 6.54 Å². The topological polar surface area (TPSA) is 59.8 Å². The van der Waals surface area contributed by atoms with Crippen LogP contribution in [0.4, 0.5) is 14.5 Å². The highest BCUT2D eigenvalue weighted by molar-refractivity contribution is 7.16. The summed E-state index contributed by atoms with van der Waals surface area (Å²) in [6, 6.07) is 13.9. The van der Waals surface area contributed by atoms with Gasteiger partial charge < -0.3 is 9.88 Å². The maximum atomic E-state index is 13.7. The highest BCUT2D eigenvalue weighted by atomic mass is 32.1. The van der Waals surface area contributed by atoms with Crippen LogP contribution in [-0.4, -0.2) is 20.4 Å². The Morgan fingerprint density at radius 3 is 2.77 bits per heavy atom. The first-order chi connectivity index (χ1) is 14.6. The van der Waals surface area contributed by atoms with Gasteiger partial charge in [-0.05, 0) is 48.0 Å². The zero-order valence-corrected chi connectivity index (χ0v) is 16.3. The van der Waals surface area contributed by atoms with Gasteiger partial charge in [0.15, 0.2) is 0 Å². The molecule has 2 aromatic carbocycles. The summed E-state index contributed by atoms with van der Waals surface area (Å²) >= 11 is 1.42. The highest BCUT2D eigenvalue weighted by Gasteiger charge is 2.17. The molecule has 1 amide bonds. The van der Waals surface area contributed by atoms with Crippen LogP contribution in [0.3, 0.4) is 0 Å². The Morgan fingerprint density at radius 1 is 1.03 bits per heavy atom. The molecule has 0 bridgehead atoms. The number of amides is 1. The van der Waals surface area contributed by atoms with Crippen LogP contribution in [0.15, 0.2) is 66.3 Å². The van der Waals surface area contributed by atoms with E-state index in [1.807, 2.05) is 0 Å². The van der Waals surface area contributed by atoms with Gasteiger partial charge >= 0.3 is 0 Å². The summed E-state index contributed by atoms with van der Waals surface area (Å²) in [6.07, 6.45) is 1.57. The zero-order valence-electron chi connectivity index (χ0n) is 15.5. The summed E-state index contributed by atoms with van der Waals surface area (Å²) in [6.45, 7) is 0.263. The van der Waals surface area contributed by atoms with E-state index in [9.17, 15) is 13.6 Å². The number of hydrogen-bond acceptors (Lipinski definition) is 4. The number of carbonyl (C=O) groups excluding carboxylic acids is 1. The summed E-state index contributed by atoms with van der Waals surface area (Å²) in [5.41, 5.74) is 4.59. The van der Waals surface area contributed by atoms with Gasteiger partial charge in [0.2, 0.25) is 0 Å². The third kappa shape index (κ3) is 3.42. The number of hydrogen-bond donors (Lipinski definition) is 1. The van der Waals surface area contributed by atoms with E-state index in [-0.39, 0.29) is 18.3 Å². The second-order valence-electron chi connectivity index (χ2n) is 6.80. The van der Waals surface area contributed by atoms with Crippen LogP contribution in [0.2, 0.25) is 0 Å². The fraction of sp³-hybridized carbons (Fsp3) is 0.0455. The molecule has 5 aromatic rings. The average molecular weight is 420 g/mol. The molecule has 0 aliphatic heterocycles. The minimum atomic E-state index is -0.393. The first kappa shape index (κ1) is 18.4. The number of nitrogens with zero attached hydrogens (tertiary/aromatic N) is 3. The number of benzene rings is 2. The standard InChI is InChI=1S/C22H14F2N4OS/c23-15-3-1-2-13(6-15)11-28-19-5-4-16(24)7-14(19)8-20(28)21(29)27-17-9-18-22(25-10-17)30-12-26-18/h1-10,12H,11H2,(H,27,29). The molecular formula is C22H14F2N4OS. The SMILES string of the molecule is O=C(Nc1cnc2scnc2c1)c1cc2cc(F)ccc2n1Cc1cccc(F)c1. The van der Waals surface area contributed by atoms with Crippen molar-refractivity contribution in [2.75, 3.05) is 5.32 Å². The summed E-state index contributed by atoms with van der Waals surface area (Å²) in [7, 11) is 0. The van der Waals surface area contributed by atoms with Crippen LogP contribution in [0.5, 0.6) is 0 Å². The van der Waals surface area contributed by atoms with Crippen molar-refractivity contribution in [1.82, 2.24) is 14.5 Å². The Morgan fingerprint density at radius 2 is 1.90 bits per heavy atom. The number of halogens is 2. The van der Waals surface area contributed by atoms with E-state index in [1.165, 1.54) is 35.6 Å². The molecule has 0 saturated heterocycles. The quantitative estimate of drug-likeness (QED) is 0.433. The molecule has 5 rings (SSSR count). The molecule has 30 heavy (non-hydrogen) atoms. The normalized spacial score (nSPS) is 11.3. The fourth-order valence-corrected chi connectivity index (χ4v) is 4.05. The average Bonchev–Trinajstić information content (AvgIpc) is 3.32. The second-order valence-corrected chi connectivity index (χ2v) is 7.64. The Hall–Kier alpha value is -3.65. The smallest absolute Gasteiger partial charge is 0.272 e. The predicted molar refractivity (Wildman–Crippen MR) is 113 cm³/mol. The highest BCUT2D eigenvalue weighted by Crippen LogP contribution is 2.24. The zero-order chi connectivity index (χ0) is 20.7. The molecule has 3 aromatic heterocycles. The van der Waals surface area contributed by atoms with E-state index in [0.29, 0.717) is 33.4 Å². The van der Waals surface area contributed by atoms with Crippen LogP contribution < -0.4 is 5.32 Å². The molecule has 0 fully saturated rings. The number of nitrogens with one attached hydrogen (secondary N) is 1. The van der Waals surface area contributed by atoms with E-state index < -0.39 is 5.82 Å². The van der Waals surface area contributed by atoms with Crippen molar-refractivity contribution < 1.29 is 13.6 Å². The van der Waals surface area contributed by atoms with Crippen LogP contribution in [0.25, 0.3) is 21.3 Å². The van der Waals surface area contributed by atoms with Gasteiger partial charge in [-0.3, -0.25) is 4.79 Å². The van der Waals surface area contributed by atoms with Gasteiger partial charge in [-0.2, -0.15) is 0 Å². The number of pyridine rings is 1. The molecule has 3 heterocycles. The molecule has 0 aliphatic rings. The molecule has 1 N–H and O–H groups in total. The maximum Gasteiger partial charge on any atom is 0.272 e. The minimum absolute atomic E-state index is 0.263. The molecule has 148 valence electrons. The Kier molecular flexibility index (Phi) is 4.48. The summed E-state index contributed by atoms with van der Waals surface area (Å²) in [4.78, 5) is 22.3. The Balaban J connectivity index is 1.55. The first-order valence-electron chi connectivity index (χ1n) is 9.11. The van der Waals surface area contributed by atoms with E-state index >= 15 is 0 Å². The Labute approximate surface area is 173 Å². The van der Waals surface area contributed by atoms with Crippen molar-refractivity contribution >= 4 is 44.2 Å². The van der Waals surface area contributed by atoms with Gasteiger partial charge in [-0.25, -0.2) is 18.7 Å². The Bertz CT molecular complexity index is 1410. The lowest BCUT2D eigenvalue weighted by Crippen LogP contribution is -2.17. The molecule has 8 heteroatoms. The number of carbonyl (C=O) groups is 1. The number of fused-ring (bicyclic) bond motifs is 2. The number of anilines is 1. The number of rotatable bonds is 4. The molecule has 0 atom stereocenters. The van der Waals surface area contributed by atoms with Crippen LogP contribution in [0.1, 0.15) is 16.1 Å². The van der Waals surface area contributed by atoms with E-state index in [4.69, 9.17) is 0 Å². The molecule has 0 aliphatic carbocycles. The third-order valence-electron chi connectivity index (χ3n) is 4.77. The maximum absolute atomic E-state index is 13.7. The van der Waals surface area contributed by atoms with Gasteiger partial charge in [-0.1, -0.05) is 12.1 Å². The number of thiazole rings is 1. The molecule has 0 spiro atoms. The van der Waals surface area contributed by atoms with Crippen molar-refractivity contribution in [2.24, 2.45) is 0 Å². The summed E-state index contributed by atoms with van der Waals surface area (Å²) in [5.74, 6) is -1.13. The van der Waals surface area contributed by atoms with Crippen molar-refractivity contribution in [3.05, 3.63) is 89.2 Å². The van der Waals surface area contributed by atoms with Crippen LogP contribution >= 0.6 is 11.3 Å². The van der Waals surface area contributed by atoms with Gasteiger partial charge in [0.05, 0.1) is 17.4 Å². The van der Waals surface area contributed by atoms with E-state index in [2.05, 4.69) is 15.3 Å². The van der Waals surface area contributed by atoms with E-state index in [1.54, 1.807) is 46.6 Å². The summed E-state index contributed by atoms with van der Waals surface area (Å²) in [5, 5.41) is 3.42. The number of aromatic nitrogens is 3. The molecule has 0 radical (unpaired) electrons. The molecule has 5 nitrogen and oxygen atoms in total. The lowest BCUT2D eigenvalue weighted by molar-refractivity contribution is 0.101. The largest absolute Gasteiger partial charge is 0.332 e. The predicted octanol–water partition coefficient (Wildman–Crippen LogP) is 5.22. The first-order valence-corrected chi connectivity index (χ1v) is 9.98. The van der Waals surface area contributed by atoms with Gasteiger partial charge in [0, 0.05) is 17.4 Å². The van der Waals surface area contributed by atoms with Gasteiger partial charge in [-0.15, -0.1) is 11.3 Å². The van der Waals surface area contributed by atoms with Crippen LogP contribution in [0, 0.1) is 11.6 Å². The van der Waals surface area contributed by atoms with Gasteiger partial charge in [0.1, 0.15) is 27.7 Å². The minimum Gasteiger partial charge on any atom is -0.332 e. The summed E-state index contributed by atoms with van der Waals surface area (Å²) < 4.78 is 29.2. The monoisotopic (exact) mass is 420 g/mol. The molecule has 0 saturated carbocycles. The van der Waals surface area contributed by atoms with Crippen molar-refractivity contribution in [3.63, 3.8) is 0 Å².